The molecule has 114 valence electrons. The van der Waals surface area contributed by atoms with Crippen LogP contribution in [0.3, 0.4) is 0 Å². The van der Waals surface area contributed by atoms with Crippen LogP contribution >= 0.6 is 15.9 Å². The van der Waals surface area contributed by atoms with Gasteiger partial charge in [0.2, 0.25) is 5.91 Å². The Morgan fingerprint density at radius 2 is 2.00 bits per heavy atom. The highest BCUT2D eigenvalue weighted by atomic mass is 79.9. The maximum absolute atomic E-state index is 12.4. The third kappa shape index (κ3) is 3.06. The summed E-state index contributed by atoms with van der Waals surface area (Å²) < 4.78 is 0.736. The number of H-pyrrole nitrogens is 1. The molecule has 4 N–H and O–H groups in total. The van der Waals surface area contributed by atoms with Gasteiger partial charge in [-0.2, -0.15) is 0 Å². The van der Waals surface area contributed by atoms with E-state index in [1.807, 2.05) is 0 Å². The van der Waals surface area contributed by atoms with Gasteiger partial charge in [0.15, 0.2) is 0 Å². The SMILES string of the molecule is NC1C2CCCC1CC(C(=O)Nc1cc(Br)c[nH]c1=O)C2. The second kappa shape index (κ2) is 5.93. The molecule has 2 aliphatic carbocycles. The van der Waals surface area contributed by atoms with Crippen molar-refractivity contribution in [3.8, 4) is 0 Å². The molecule has 0 spiro atoms. The highest BCUT2D eigenvalue weighted by Gasteiger charge is 2.40. The van der Waals surface area contributed by atoms with E-state index in [4.69, 9.17) is 5.73 Å². The molecule has 0 aromatic carbocycles. The zero-order chi connectivity index (χ0) is 15.0. The van der Waals surface area contributed by atoms with Crippen molar-refractivity contribution in [2.45, 2.75) is 38.1 Å². The Labute approximate surface area is 131 Å². The first-order valence-corrected chi connectivity index (χ1v) is 8.28. The smallest absolute Gasteiger partial charge is 0.271 e. The Balaban J connectivity index is 1.71. The topological polar surface area (TPSA) is 88.0 Å². The van der Waals surface area contributed by atoms with Gasteiger partial charge in [-0.15, -0.1) is 0 Å². The maximum Gasteiger partial charge on any atom is 0.271 e. The molecular weight excluding hydrogens is 334 g/mol. The summed E-state index contributed by atoms with van der Waals surface area (Å²) in [5.41, 5.74) is 6.27. The number of rotatable bonds is 2. The van der Waals surface area contributed by atoms with Crippen molar-refractivity contribution < 1.29 is 4.79 Å². The highest BCUT2D eigenvalue weighted by molar-refractivity contribution is 9.10. The van der Waals surface area contributed by atoms with Crippen molar-refractivity contribution >= 4 is 27.5 Å². The Morgan fingerprint density at radius 1 is 1.33 bits per heavy atom. The molecule has 0 saturated heterocycles. The Morgan fingerprint density at radius 3 is 2.67 bits per heavy atom. The fraction of sp³-hybridized carbons (Fsp3) is 0.600. The minimum atomic E-state index is -0.278. The van der Waals surface area contributed by atoms with Crippen LogP contribution < -0.4 is 16.6 Å². The van der Waals surface area contributed by atoms with Gasteiger partial charge in [0.1, 0.15) is 5.69 Å². The van der Waals surface area contributed by atoms with Crippen LogP contribution in [0.5, 0.6) is 0 Å². The molecule has 2 atom stereocenters. The third-order valence-corrected chi connectivity index (χ3v) is 5.37. The number of aromatic amines is 1. The molecule has 1 aromatic rings. The van der Waals surface area contributed by atoms with Crippen molar-refractivity contribution in [3.05, 3.63) is 27.1 Å². The van der Waals surface area contributed by atoms with Crippen LogP contribution in [-0.2, 0) is 4.79 Å². The maximum atomic E-state index is 12.4. The summed E-state index contributed by atoms with van der Waals surface area (Å²) in [6.07, 6.45) is 6.72. The number of carbonyl (C=O) groups excluding carboxylic acids is 1. The Bertz CT molecular complexity index is 587. The zero-order valence-corrected chi connectivity index (χ0v) is 13.4. The minimum absolute atomic E-state index is 0.0292. The molecule has 1 heterocycles. The number of carbonyl (C=O) groups is 1. The molecule has 2 unspecified atom stereocenters. The van der Waals surface area contributed by atoms with E-state index in [0.717, 1.165) is 30.2 Å². The molecule has 3 rings (SSSR count). The van der Waals surface area contributed by atoms with Crippen LogP contribution in [0.25, 0.3) is 0 Å². The number of hydrogen-bond acceptors (Lipinski definition) is 3. The second-order valence-corrected chi connectivity index (χ2v) is 7.16. The van der Waals surface area contributed by atoms with E-state index >= 15 is 0 Å². The van der Waals surface area contributed by atoms with Crippen molar-refractivity contribution in [1.82, 2.24) is 4.98 Å². The number of pyridine rings is 1. The molecule has 2 bridgehead atoms. The van der Waals surface area contributed by atoms with Gasteiger partial charge >= 0.3 is 0 Å². The summed E-state index contributed by atoms with van der Waals surface area (Å²) in [5, 5.41) is 2.77. The van der Waals surface area contributed by atoms with Crippen molar-refractivity contribution in [3.63, 3.8) is 0 Å². The lowest BCUT2D eigenvalue weighted by Crippen LogP contribution is -2.48. The van der Waals surface area contributed by atoms with Gasteiger partial charge in [-0.3, -0.25) is 9.59 Å². The van der Waals surface area contributed by atoms with E-state index < -0.39 is 0 Å². The number of halogens is 1. The number of fused-ring (bicyclic) bond motifs is 2. The number of nitrogens with one attached hydrogen (secondary N) is 2. The van der Waals surface area contributed by atoms with Gasteiger partial charge < -0.3 is 16.0 Å². The van der Waals surface area contributed by atoms with Gasteiger partial charge in [-0.25, -0.2) is 0 Å². The summed E-state index contributed by atoms with van der Waals surface area (Å²) in [5.74, 6) is 0.823. The summed E-state index contributed by atoms with van der Waals surface area (Å²) in [7, 11) is 0. The molecule has 21 heavy (non-hydrogen) atoms. The molecule has 0 aliphatic heterocycles. The normalized spacial score (nSPS) is 31.7. The number of anilines is 1. The van der Waals surface area contributed by atoms with Crippen molar-refractivity contribution in [2.24, 2.45) is 23.5 Å². The van der Waals surface area contributed by atoms with E-state index in [0.29, 0.717) is 17.5 Å². The van der Waals surface area contributed by atoms with Crippen LogP contribution in [0, 0.1) is 17.8 Å². The fourth-order valence-electron chi connectivity index (χ4n) is 3.79. The minimum Gasteiger partial charge on any atom is -0.327 e. The first kappa shape index (κ1) is 14.8. The number of nitrogens with two attached hydrogens (primary N) is 1. The highest BCUT2D eigenvalue weighted by Crippen LogP contribution is 2.42. The van der Waals surface area contributed by atoms with E-state index in [9.17, 15) is 9.59 Å². The molecule has 5 nitrogen and oxygen atoms in total. The van der Waals surface area contributed by atoms with Gasteiger partial charge in [0, 0.05) is 22.6 Å². The van der Waals surface area contributed by atoms with Gasteiger partial charge in [0.05, 0.1) is 0 Å². The Kier molecular flexibility index (Phi) is 4.17. The monoisotopic (exact) mass is 353 g/mol. The molecule has 2 fully saturated rings. The molecule has 2 aliphatic rings. The molecule has 2 saturated carbocycles. The van der Waals surface area contributed by atoms with Gasteiger partial charge in [-0.05, 0) is 59.5 Å². The number of hydrogen-bond donors (Lipinski definition) is 3. The van der Waals surface area contributed by atoms with Crippen LogP contribution in [0.2, 0.25) is 0 Å². The third-order valence-electron chi connectivity index (χ3n) is 4.91. The second-order valence-electron chi connectivity index (χ2n) is 6.25. The summed E-state index contributed by atoms with van der Waals surface area (Å²) >= 11 is 3.29. The average molecular weight is 354 g/mol. The fourth-order valence-corrected chi connectivity index (χ4v) is 4.13. The average Bonchev–Trinajstić information content (AvgIpc) is 2.42. The molecule has 6 heteroatoms. The summed E-state index contributed by atoms with van der Waals surface area (Å²) in [6, 6.07) is 1.88. The lowest BCUT2D eigenvalue weighted by Gasteiger charge is -2.43. The van der Waals surface area contributed by atoms with Crippen LogP contribution in [0.4, 0.5) is 5.69 Å². The number of aromatic nitrogens is 1. The van der Waals surface area contributed by atoms with Crippen LogP contribution in [-0.4, -0.2) is 16.9 Å². The predicted octanol–water partition coefficient (Wildman–Crippen LogP) is 2.23. The molecule has 1 amide bonds. The van der Waals surface area contributed by atoms with E-state index in [2.05, 4.69) is 26.2 Å². The largest absolute Gasteiger partial charge is 0.327 e. The molecular formula is C15H20BrN3O2. The van der Waals surface area contributed by atoms with E-state index in [-0.39, 0.29) is 23.4 Å². The predicted molar refractivity (Wildman–Crippen MR) is 84.9 cm³/mol. The van der Waals surface area contributed by atoms with Gasteiger partial charge in [0.25, 0.3) is 5.56 Å². The lowest BCUT2D eigenvalue weighted by molar-refractivity contribution is -0.122. The molecule has 0 radical (unpaired) electrons. The van der Waals surface area contributed by atoms with Gasteiger partial charge in [-0.1, -0.05) is 6.42 Å². The summed E-state index contributed by atoms with van der Waals surface area (Å²) in [6.45, 7) is 0. The van der Waals surface area contributed by atoms with E-state index in [1.54, 1.807) is 12.3 Å². The first-order chi connectivity index (χ1) is 10.0. The lowest BCUT2D eigenvalue weighted by atomic mass is 9.65. The van der Waals surface area contributed by atoms with Crippen LogP contribution in [0.1, 0.15) is 32.1 Å². The van der Waals surface area contributed by atoms with Crippen LogP contribution in [0.15, 0.2) is 21.5 Å². The standard InChI is InChI=1S/C15H20BrN3O2/c16-11-6-12(15(21)18-7-11)19-14(20)10-4-8-2-1-3-9(5-10)13(8)17/h6-10,13H,1-5,17H2,(H,18,21)(H,19,20). The summed E-state index contributed by atoms with van der Waals surface area (Å²) in [4.78, 5) is 26.8. The van der Waals surface area contributed by atoms with E-state index in [1.165, 1.54) is 6.42 Å². The van der Waals surface area contributed by atoms with Crippen molar-refractivity contribution in [2.75, 3.05) is 5.32 Å². The quantitative estimate of drug-likeness (QED) is 0.761. The number of amides is 1. The molecule has 1 aromatic heterocycles. The zero-order valence-electron chi connectivity index (χ0n) is 11.8. The first-order valence-electron chi connectivity index (χ1n) is 7.49. The Hall–Kier alpha value is -1.14. The van der Waals surface area contributed by atoms with Crippen molar-refractivity contribution in [1.29, 1.82) is 0 Å².